The van der Waals surface area contributed by atoms with Crippen LogP contribution in [0.3, 0.4) is 0 Å². The Kier molecular flexibility index (Phi) is 7.36. The Morgan fingerprint density at radius 2 is 1.38 bits per heavy atom. The van der Waals surface area contributed by atoms with E-state index in [1.54, 1.807) is 66.7 Å². The molecule has 6 unspecified atom stereocenters. The molecule has 2 aliphatic heterocycles. The normalized spacial score (nSPS) is 28.7. The van der Waals surface area contributed by atoms with Crippen molar-refractivity contribution in [2.45, 2.75) is 28.5 Å². The van der Waals surface area contributed by atoms with Crippen LogP contribution in [0, 0.1) is 23.6 Å². The molecule has 8 rings (SSSR count). The Labute approximate surface area is 295 Å². The van der Waals surface area contributed by atoms with Crippen LogP contribution in [-0.2, 0) is 19.2 Å². The highest BCUT2D eigenvalue weighted by atomic mass is 35.5. The molecule has 1 saturated carbocycles. The van der Waals surface area contributed by atoms with Crippen LogP contribution >= 0.6 is 23.2 Å². The van der Waals surface area contributed by atoms with E-state index in [1.165, 1.54) is 24.3 Å². The van der Waals surface area contributed by atoms with Gasteiger partial charge in [0, 0.05) is 17.0 Å². The first-order chi connectivity index (χ1) is 24.0. The molecule has 8 nitrogen and oxygen atoms in total. The lowest BCUT2D eigenvalue weighted by molar-refractivity contribution is -0.125. The number of phenolic OH excluding ortho intramolecular Hbond substituents is 1. The quantitative estimate of drug-likeness (QED) is 0.109. The summed E-state index contributed by atoms with van der Waals surface area (Å²) in [6, 6.07) is 25.9. The number of ketones is 1. The highest BCUT2D eigenvalue weighted by molar-refractivity contribution is 6.58. The highest BCUT2D eigenvalue weighted by Crippen LogP contribution is 2.66. The van der Waals surface area contributed by atoms with Gasteiger partial charge in [-0.05, 0) is 85.0 Å². The zero-order chi connectivity index (χ0) is 35.1. The van der Waals surface area contributed by atoms with Crippen LogP contribution in [0.15, 0.2) is 115 Å². The monoisotopic (exact) mass is 708 g/mol. The summed E-state index contributed by atoms with van der Waals surface area (Å²) in [4.78, 5) is 67.9. The fourth-order valence-electron chi connectivity index (χ4n) is 8.25. The summed E-state index contributed by atoms with van der Waals surface area (Å²) in [5.41, 5.74) is 2.22. The molecule has 2 heterocycles. The van der Waals surface area contributed by atoms with Crippen LogP contribution in [-0.4, -0.2) is 44.3 Å². The number of amides is 4. The molecule has 4 aromatic carbocycles. The molecule has 0 aromatic heterocycles. The number of rotatable bonds is 5. The second kappa shape index (κ2) is 11.5. The van der Waals surface area contributed by atoms with Crippen molar-refractivity contribution in [3.05, 3.63) is 137 Å². The SMILES string of the molecule is O=C(c1ccccc1)c1ccc(N2C(=O)C3CC=C4C(CC5(Cl)C(=O)N(c6ccc(F)cc6)C(=O)C5(Cl)C4c4cccc(O)c4)C3C2=O)cc1. The number of imide groups is 2. The van der Waals surface area contributed by atoms with Crippen LogP contribution in [0.4, 0.5) is 15.8 Å². The molecular formula is C39H27Cl2FN2O6. The van der Waals surface area contributed by atoms with E-state index < -0.39 is 62.9 Å². The minimum Gasteiger partial charge on any atom is -0.508 e. The number of halogens is 3. The predicted octanol–water partition coefficient (Wildman–Crippen LogP) is 6.53. The smallest absolute Gasteiger partial charge is 0.258 e. The lowest BCUT2D eigenvalue weighted by Gasteiger charge is -2.50. The van der Waals surface area contributed by atoms with Crippen molar-refractivity contribution >= 4 is 64.0 Å². The molecule has 4 aromatic rings. The molecule has 2 saturated heterocycles. The molecule has 11 heteroatoms. The van der Waals surface area contributed by atoms with Gasteiger partial charge in [0.1, 0.15) is 11.6 Å². The van der Waals surface area contributed by atoms with Crippen LogP contribution in [0.25, 0.3) is 0 Å². The summed E-state index contributed by atoms with van der Waals surface area (Å²) < 4.78 is 13.9. The third-order valence-corrected chi connectivity index (χ3v) is 11.9. The Morgan fingerprint density at radius 1 is 0.740 bits per heavy atom. The van der Waals surface area contributed by atoms with Gasteiger partial charge in [0.2, 0.25) is 11.8 Å². The second-order valence-electron chi connectivity index (χ2n) is 13.1. The average Bonchev–Trinajstić information content (AvgIpc) is 3.46. The molecule has 3 fully saturated rings. The van der Waals surface area contributed by atoms with Crippen molar-refractivity contribution in [1.29, 1.82) is 0 Å². The van der Waals surface area contributed by atoms with Gasteiger partial charge in [-0.15, -0.1) is 23.2 Å². The van der Waals surface area contributed by atoms with Gasteiger partial charge >= 0.3 is 0 Å². The molecular weight excluding hydrogens is 682 g/mol. The Morgan fingerprint density at radius 3 is 2.06 bits per heavy atom. The van der Waals surface area contributed by atoms with E-state index >= 15 is 0 Å². The maximum atomic E-state index is 14.4. The van der Waals surface area contributed by atoms with Crippen molar-refractivity contribution in [1.82, 2.24) is 0 Å². The molecule has 1 N–H and O–H groups in total. The van der Waals surface area contributed by atoms with Gasteiger partial charge in [0.05, 0.1) is 23.2 Å². The van der Waals surface area contributed by atoms with Gasteiger partial charge in [0.15, 0.2) is 15.5 Å². The minimum absolute atomic E-state index is 0.0767. The van der Waals surface area contributed by atoms with Gasteiger partial charge < -0.3 is 5.11 Å². The summed E-state index contributed by atoms with van der Waals surface area (Å²) in [6.07, 6.45) is 1.72. The molecule has 4 amide bonds. The van der Waals surface area contributed by atoms with Gasteiger partial charge in [-0.1, -0.05) is 54.1 Å². The van der Waals surface area contributed by atoms with Gasteiger partial charge in [0.25, 0.3) is 11.8 Å². The summed E-state index contributed by atoms with van der Waals surface area (Å²) in [5.74, 6) is -7.04. The van der Waals surface area contributed by atoms with Crippen LogP contribution in [0.5, 0.6) is 5.75 Å². The minimum atomic E-state index is -2.10. The van der Waals surface area contributed by atoms with E-state index in [0.29, 0.717) is 28.0 Å². The zero-order valence-electron chi connectivity index (χ0n) is 26.1. The first kappa shape index (κ1) is 32.1. The summed E-state index contributed by atoms with van der Waals surface area (Å²) in [6.45, 7) is 0. The van der Waals surface area contributed by atoms with Gasteiger partial charge in [-0.25, -0.2) is 9.29 Å². The summed E-state index contributed by atoms with van der Waals surface area (Å²) >= 11 is 14.7. The van der Waals surface area contributed by atoms with Gasteiger partial charge in [-0.3, -0.25) is 28.9 Å². The van der Waals surface area contributed by atoms with Crippen molar-refractivity contribution in [3.63, 3.8) is 0 Å². The lowest BCUT2D eigenvalue weighted by Crippen LogP contribution is -2.60. The fraction of sp³-hybridized carbons (Fsp3) is 0.205. The summed E-state index contributed by atoms with van der Waals surface area (Å²) in [5, 5.41) is 10.5. The first-order valence-corrected chi connectivity index (χ1v) is 16.8. The maximum Gasteiger partial charge on any atom is 0.258 e. The van der Waals surface area contributed by atoms with Crippen LogP contribution in [0.1, 0.15) is 40.2 Å². The predicted molar refractivity (Wildman–Crippen MR) is 184 cm³/mol. The number of alkyl halides is 2. The molecule has 50 heavy (non-hydrogen) atoms. The molecule has 2 aliphatic carbocycles. The largest absolute Gasteiger partial charge is 0.508 e. The zero-order valence-corrected chi connectivity index (χ0v) is 27.6. The number of fused-ring (bicyclic) bond motifs is 4. The van der Waals surface area contributed by atoms with E-state index in [9.17, 15) is 33.5 Å². The van der Waals surface area contributed by atoms with Gasteiger partial charge in [-0.2, -0.15) is 0 Å². The third-order valence-electron chi connectivity index (χ3n) is 10.5. The number of carbonyl (C=O) groups is 5. The number of allylic oxidation sites excluding steroid dienone is 2. The standard InChI is InChI=1S/C39H27Cl2FN2O6/c40-38-20-30-28(32(23-7-4-8-27(45)19-23)39(38,41)37(50)44(36(38)49)26-15-11-24(42)12-16-26)17-18-29-31(30)35(48)43(34(29)47)25-13-9-22(10-14-25)33(46)21-5-2-1-3-6-21/h1-17,19,29-32,45H,18,20H2. The maximum absolute atomic E-state index is 14.4. The van der Waals surface area contributed by atoms with E-state index in [2.05, 4.69) is 0 Å². The van der Waals surface area contributed by atoms with E-state index in [1.807, 2.05) is 6.07 Å². The topological polar surface area (TPSA) is 112 Å². The number of aromatic hydroxyl groups is 1. The van der Waals surface area contributed by atoms with Crippen molar-refractivity contribution in [2.24, 2.45) is 17.8 Å². The van der Waals surface area contributed by atoms with Crippen molar-refractivity contribution in [3.8, 4) is 5.75 Å². The van der Waals surface area contributed by atoms with E-state index in [4.69, 9.17) is 23.2 Å². The fourth-order valence-corrected chi connectivity index (χ4v) is 9.18. The van der Waals surface area contributed by atoms with Crippen LogP contribution < -0.4 is 9.80 Å². The second-order valence-corrected chi connectivity index (χ2v) is 14.3. The number of nitrogens with zero attached hydrogens (tertiary/aromatic N) is 2. The number of anilines is 2. The number of hydrogen-bond acceptors (Lipinski definition) is 6. The number of benzene rings is 4. The Hall–Kier alpha value is -5.12. The molecule has 6 atom stereocenters. The average molecular weight is 710 g/mol. The molecule has 0 radical (unpaired) electrons. The van der Waals surface area contributed by atoms with Crippen molar-refractivity contribution < 1.29 is 33.5 Å². The van der Waals surface area contributed by atoms with Crippen molar-refractivity contribution in [2.75, 3.05) is 9.80 Å². The first-order valence-electron chi connectivity index (χ1n) is 16.0. The summed E-state index contributed by atoms with van der Waals surface area (Å²) in [7, 11) is 0. The van der Waals surface area contributed by atoms with E-state index in [0.717, 1.165) is 21.9 Å². The number of hydrogen-bond donors (Lipinski definition) is 1. The number of phenols is 1. The Balaban J connectivity index is 1.19. The lowest BCUT2D eigenvalue weighted by atomic mass is 9.56. The van der Waals surface area contributed by atoms with Crippen LogP contribution in [0.2, 0.25) is 0 Å². The molecule has 250 valence electrons. The molecule has 0 bridgehead atoms. The highest BCUT2D eigenvalue weighted by Gasteiger charge is 2.76. The number of carbonyl (C=O) groups excluding carboxylic acids is 5. The van der Waals surface area contributed by atoms with E-state index in [-0.39, 0.29) is 30.1 Å². The molecule has 0 spiro atoms. The Bertz CT molecular complexity index is 2160. The third kappa shape index (κ3) is 4.46. The molecule has 4 aliphatic rings.